The summed E-state index contributed by atoms with van der Waals surface area (Å²) < 4.78 is 8.07. The van der Waals surface area contributed by atoms with Gasteiger partial charge >= 0.3 is 5.97 Å². The summed E-state index contributed by atoms with van der Waals surface area (Å²) in [6.07, 6.45) is 0. The lowest BCUT2D eigenvalue weighted by Crippen LogP contribution is -2.12. The highest BCUT2D eigenvalue weighted by atomic mass is 79.9. The highest BCUT2D eigenvalue weighted by Crippen LogP contribution is 2.25. The molecule has 3 aromatic rings. The molecule has 0 saturated heterocycles. The van der Waals surface area contributed by atoms with E-state index >= 15 is 0 Å². The van der Waals surface area contributed by atoms with E-state index in [4.69, 9.17) is 10.00 Å². The maximum absolute atomic E-state index is 12.3. The van der Waals surface area contributed by atoms with Gasteiger partial charge in [-0.1, -0.05) is 28.1 Å². The van der Waals surface area contributed by atoms with Gasteiger partial charge in [-0.2, -0.15) is 5.26 Å². The molecule has 5 heteroatoms. The summed E-state index contributed by atoms with van der Waals surface area (Å²) in [5, 5.41) is 10.0. The number of hydrogen-bond acceptors (Lipinski definition) is 3. The maximum atomic E-state index is 12.3. The summed E-state index contributed by atoms with van der Waals surface area (Å²) in [4.78, 5) is 12.3. The molecule has 4 nitrogen and oxygen atoms in total. The van der Waals surface area contributed by atoms with Crippen molar-refractivity contribution in [2.75, 3.05) is 6.61 Å². The first kappa shape index (κ1) is 16.3. The molecule has 1 aromatic heterocycles. The Labute approximate surface area is 148 Å². The number of benzene rings is 2. The van der Waals surface area contributed by atoms with E-state index in [1.54, 1.807) is 13.0 Å². The van der Waals surface area contributed by atoms with Gasteiger partial charge in [0.2, 0.25) is 0 Å². The molecule has 0 bridgehead atoms. The van der Waals surface area contributed by atoms with Crippen molar-refractivity contribution >= 4 is 32.8 Å². The standard InChI is InChI=1S/C19H15BrN2O2/c1-2-24-19(23)18-10-15-9-16(20)6-7-17(15)22(18)12-14-5-3-4-13(8-14)11-21/h3-10H,2,12H2,1H3. The summed E-state index contributed by atoms with van der Waals surface area (Å²) in [7, 11) is 0. The lowest BCUT2D eigenvalue weighted by molar-refractivity contribution is 0.0515. The molecule has 0 N–H and O–H groups in total. The minimum Gasteiger partial charge on any atom is -0.461 e. The number of hydrogen-bond donors (Lipinski definition) is 0. The molecule has 2 aromatic carbocycles. The van der Waals surface area contributed by atoms with Gasteiger partial charge in [0.25, 0.3) is 0 Å². The van der Waals surface area contributed by atoms with E-state index in [-0.39, 0.29) is 5.97 Å². The van der Waals surface area contributed by atoms with Gasteiger partial charge in [0.15, 0.2) is 0 Å². The van der Waals surface area contributed by atoms with Crippen LogP contribution in [0.15, 0.2) is 53.0 Å². The van der Waals surface area contributed by atoms with Gasteiger partial charge in [-0.3, -0.25) is 0 Å². The van der Waals surface area contributed by atoms with Crippen molar-refractivity contribution in [3.05, 3.63) is 69.8 Å². The Kier molecular flexibility index (Phi) is 4.68. The van der Waals surface area contributed by atoms with Crippen LogP contribution in [0.4, 0.5) is 0 Å². The lowest BCUT2D eigenvalue weighted by Gasteiger charge is -2.11. The van der Waals surface area contributed by atoms with Crippen molar-refractivity contribution in [3.63, 3.8) is 0 Å². The number of fused-ring (bicyclic) bond motifs is 1. The molecule has 0 radical (unpaired) electrons. The molecule has 0 spiro atoms. The highest BCUT2D eigenvalue weighted by Gasteiger charge is 2.17. The topological polar surface area (TPSA) is 55.0 Å². The quantitative estimate of drug-likeness (QED) is 0.624. The van der Waals surface area contributed by atoms with E-state index < -0.39 is 0 Å². The average Bonchev–Trinajstić information content (AvgIpc) is 2.93. The number of rotatable bonds is 4. The molecule has 0 aliphatic heterocycles. The Morgan fingerprint density at radius 2 is 2.08 bits per heavy atom. The van der Waals surface area contributed by atoms with Gasteiger partial charge < -0.3 is 9.30 Å². The smallest absolute Gasteiger partial charge is 0.354 e. The molecule has 120 valence electrons. The summed E-state index contributed by atoms with van der Waals surface area (Å²) in [6, 6.07) is 17.3. The first-order valence-corrected chi connectivity index (χ1v) is 8.36. The largest absolute Gasteiger partial charge is 0.461 e. The van der Waals surface area contributed by atoms with Crippen molar-refractivity contribution in [2.45, 2.75) is 13.5 Å². The molecule has 0 unspecified atom stereocenters. The Morgan fingerprint density at radius 1 is 1.25 bits per heavy atom. The molecule has 0 amide bonds. The Bertz CT molecular complexity index is 954. The molecular formula is C19H15BrN2O2. The number of ether oxygens (including phenoxy) is 1. The third-order valence-electron chi connectivity index (χ3n) is 3.74. The fraction of sp³-hybridized carbons (Fsp3) is 0.158. The zero-order valence-electron chi connectivity index (χ0n) is 13.1. The number of esters is 1. The minimum atomic E-state index is -0.346. The van der Waals surface area contributed by atoms with Crippen LogP contribution in [0.5, 0.6) is 0 Å². The Hall–Kier alpha value is -2.58. The second kappa shape index (κ2) is 6.90. The van der Waals surface area contributed by atoms with Crippen LogP contribution in [-0.2, 0) is 11.3 Å². The predicted molar refractivity (Wildman–Crippen MR) is 95.9 cm³/mol. The normalized spacial score (nSPS) is 10.5. The number of nitriles is 1. The Balaban J connectivity index is 2.11. The second-order valence-electron chi connectivity index (χ2n) is 5.35. The van der Waals surface area contributed by atoms with Gasteiger partial charge in [0.1, 0.15) is 5.69 Å². The maximum Gasteiger partial charge on any atom is 0.354 e. The van der Waals surface area contributed by atoms with Gasteiger partial charge in [-0.15, -0.1) is 0 Å². The third kappa shape index (κ3) is 3.19. The fourth-order valence-corrected chi connectivity index (χ4v) is 3.09. The van der Waals surface area contributed by atoms with E-state index in [1.807, 2.05) is 47.0 Å². The minimum absolute atomic E-state index is 0.327. The third-order valence-corrected chi connectivity index (χ3v) is 4.24. The highest BCUT2D eigenvalue weighted by molar-refractivity contribution is 9.10. The number of aromatic nitrogens is 1. The first-order chi connectivity index (χ1) is 11.6. The van der Waals surface area contributed by atoms with Gasteiger partial charge in [-0.05, 0) is 48.9 Å². The summed E-state index contributed by atoms with van der Waals surface area (Å²) in [5.74, 6) is -0.346. The van der Waals surface area contributed by atoms with E-state index in [0.717, 1.165) is 20.9 Å². The molecule has 0 aliphatic carbocycles. The monoisotopic (exact) mass is 382 g/mol. The van der Waals surface area contributed by atoms with Crippen LogP contribution in [0.25, 0.3) is 10.9 Å². The van der Waals surface area contributed by atoms with Crippen LogP contribution in [0.1, 0.15) is 28.5 Å². The zero-order chi connectivity index (χ0) is 17.1. The van der Waals surface area contributed by atoms with E-state index in [2.05, 4.69) is 22.0 Å². The average molecular weight is 383 g/mol. The molecule has 0 atom stereocenters. The van der Waals surface area contributed by atoms with Crippen molar-refractivity contribution < 1.29 is 9.53 Å². The molecular weight excluding hydrogens is 368 g/mol. The molecule has 24 heavy (non-hydrogen) atoms. The molecule has 3 rings (SSSR count). The summed E-state index contributed by atoms with van der Waals surface area (Å²) in [5.41, 5.74) is 3.01. The number of halogens is 1. The van der Waals surface area contributed by atoms with Crippen LogP contribution >= 0.6 is 15.9 Å². The van der Waals surface area contributed by atoms with Gasteiger partial charge in [0, 0.05) is 21.9 Å². The van der Waals surface area contributed by atoms with Crippen LogP contribution in [-0.4, -0.2) is 17.1 Å². The fourth-order valence-electron chi connectivity index (χ4n) is 2.71. The molecule has 0 fully saturated rings. The predicted octanol–water partition coefficient (Wildman–Crippen LogP) is 4.50. The molecule has 1 heterocycles. The van der Waals surface area contributed by atoms with Gasteiger partial charge in [-0.25, -0.2) is 4.79 Å². The lowest BCUT2D eigenvalue weighted by atomic mass is 10.1. The second-order valence-corrected chi connectivity index (χ2v) is 6.27. The van der Waals surface area contributed by atoms with Crippen molar-refractivity contribution in [3.8, 4) is 6.07 Å². The van der Waals surface area contributed by atoms with Crippen molar-refractivity contribution in [1.82, 2.24) is 4.57 Å². The van der Waals surface area contributed by atoms with Crippen molar-refractivity contribution in [2.24, 2.45) is 0 Å². The SMILES string of the molecule is CCOC(=O)c1cc2cc(Br)ccc2n1Cc1cccc(C#N)c1. The summed E-state index contributed by atoms with van der Waals surface area (Å²) in [6.45, 7) is 2.61. The van der Waals surface area contributed by atoms with Crippen LogP contribution in [0.2, 0.25) is 0 Å². The van der Waals surface area contributed by atoms with Crippen LogP contribution in [0.3, 0.4) is 0 Å². The number of carbonyl (C=O) groups is 1. The molecule has 0 aliphatic rings. The number of carbonyl (C=O) groups excluding carboxylic acids is 1. The van der Waals surface area contributed by atoms with Gasteiger partial charge in [0.05, 0.1) is 18.2 Å². The van der Waals surface area contributed by atoms with Crippen LogP contribution in [0, 0.1) is 11.3 Å². The number of nitrogens with zero attached hydrogens (tertiary/aromatic N) is 2. The van der Waals surface area contributed by atoms with E-state index in [9.17, 15) is 4.79 Å². The Morgan fingerprint density at radius 3 is 2.83 bits per heavy atom. The van der Waals surface area contributed by atoms with E-state index in [1.165, 1.54) is 0 Å². The molecule has 0 saturated carbocycles. The zero-order valence-corrected chi connectivity index (χ0v) is 14.7. The van der Waals surface area contributed by atoms with E-state index in [0.29, 0.717) is 24.4 Å². The summed E-state index contributed by atoms with van der Waals surface area (Å²) >= 11 is 3.46. The first-order valence-electron chi connectivity index (χ1n) is 7.57. The van der Waals surface area contributed by atoms with Crippen molar-refractivity contribution in [1.29, 1.82) is 5.26 Å². The van der Waals surface area contributed by atoms with Crippen LogP contribution < -0.4 is 0 Å².